The highest BCUT2D eigenvalue weighted by Gasteiger charge is 2.32. The third-order valence-electron chi connectivity index (χ3n) is 6.84. The predicted molar refractivity (Wildman–Crippen MR) is 154 cm³/mol. The van der Waals surface area contributed by atoms with Crippen LogP contribution in [-0.4, -0.2) is 81.3 Å². The first-order valence-corrected chi connectivity index (χ1v) is 13.4. The van der Waals surface area contributed by atoms with Gasteiger partial charge in [-0.25, -0.2) is 9.97 Å². The summed E-state index contributed by atoms with van der Waals surface area (Å²) >= 11 is 0. The minimum absolute atomic E-state index is 0.0798. The number of piperazine rings is 1. The molecule has 1 saturated heterocycles. The maximum atomic E-state index is 13.8. The zero-order chi connectivity index (χ0) is 29.9. The number of imidazole rings is 1. The molecule has 0 radical (unpaired) electrons. The Morgan fingerprint density at radius 1 is 1.05 bits per heavy atom. The third kappa shape index (κ3) is 6.86. The van der Waals surface area contributed by atoms with E-state index in [1.165, 1.54) is 6.07 Å². The lowest BCUT2D eigenvalue weighted by atomic mass is 10.1. The lowest BCUT2D eigenvalue weighted by molar-refractivity contribution is -0.137. The Bertz CT molecular complexity index is 1550. The molecule has 0 bridgehead atoms. The Morgan fingerprint density at radius 2 is 1.83 bits per heavy atom. The summed E-state index contributed by atoms with van der Waals surface area (Å²) in [5, 5.41) is 15.2. The van der Waals surface area contributed by atoms with Gasteiger partial charge in [0.15, 0.2) is 0 Å². The number of hydrogen-bond acceptors (Lipinski definition) is 8. The van der Waals surface area contributed by atoms with Gasteiger partial charge in [-0.3, -0.25) is 9.36 Å². The summed E-state index contributed by atoms with van der Waals surface area (Å²) < 4.78 is 43.0. The zero-order valence-corrected chi connectivity index (χ0v) is 23.1. The monoisotopic (exact) mass is 580 g/mol. The normalized spacial score (nSPS) is 15.0. The smallest absolute Gasteiger partial charge is 0.392 e. The molecule has 13 heteroatoms. The van der Waals surface area contributed by atoms with Gasteiger partial charge in [0.2, 0.25) is 5.95 Å². The topological polar surface area (TPSA) is 111 Å². The van der Waals surface area contributed by atoms with Crippen molar-refractivity contribution in [3.8, 4) is 17.2 Å². The standard InChI is InChI=1S/C29H31F3N8O2/c1-19(41)18-35-28-34-7-6-25(37-28)40-9-8-33-26(40)20-4-3-5-23(15-20)36-27(42)21-14-22(29(30,31)32)17-24(16-21)39-12-10-38(2)11-13-39/h3-9,14-17,19,41H,10-13,18H2,1-2H3,(H,36,42)(H,34,35,37). The number of likely N-dealkylation sites (N-methyl/N-ethyl adjacent to an activating group) is 1. The van der Waals surface area contributed by atoms with E-state index < -0.39 is 23.8 Å². The van der Waals surface area contributed by atoms with Gasteiger partial charge in [-0.05, 0) is 50.4 Å². The number of aliphatic hydroxyl groups is 1. The van der Waals surface area contributed by atoms with Gasteiger partial charge in [0, 0.05) is 73.8 Å². The Morgan fingerprint density at radius 3 is 2.57 bits per heavy atom. The Balaban J connectivity index is 1.39. The maximum Gasteiger partial charge on any atom is 0.416 e. The fraction of sp³-hybridized carbons (Fsp3) is 0.310. The van der Waals surface area contributed by atoms with Crippen molar-refractivity contribution in [3.05, 3.63) is 78.2 Å². The van der Waals surface area contributed by atoms with Crippen LogP contribution in [0.15, 0.2) is 67.1 Å². The predicted octanol–water partition coefficient (Wildman–Crippen LogP) is 4.14. The number of alkyl halides is 3. The van der Waals surface area contributed by atoms with Crippen LogP contribution in [0, 0.1) is 0 Å². The molecule has 0 spiro atoms. The Labute approximate surface area is 240 Å². The number of carbonyl (C=O) groups is 1. The van der Waals surface area contributed by atoms with Gasteiger partial charge in [0.1, 0.15) is 11.6 Å². The SMILES string of the molecule is CC(O)CNc1nccc(-n2ccnc2-c2cccc(NC(=O)c3cc(N4CCN(C)CC4)cc(C(F)(F)F)c3)c2)n1. The first-order chi connectivity index (χ1) is 20.1. The summed E-state index contributed by atoms with van der Waals surface area (Å²) in [6.07, 6.45) is -0.258. The summed E-state index contributed by atoms with van der Waals surface area (Å²) in [7, 11) is 1.96. The van der Waals surface area contributed by atoms with Crippen LogP contribution in [0.1, 0.15) is 22.8 Å². The van der Waals surface area contributed by atoms with E-state index in [4.69, 9.17) is 0 Å². The van der Waals surface area contributed by atoms with E-state index in [-0.39, 0.29) is 12.1 Å². The van der Waals surface area contributed by atoms with E-state index in [2.05, 4.69) is 30.5 Å². The van der Waals surface area contributed by atoms with E-state index in [0.717, 1.165) is 25.2 Å². The maximum absolute atomic E-state index is 13.8. The van der Waals surface area contributed by atoms with E-state index in [1.54, 1.807) is 60.4 Å². The van der Waals surface area contributed by atoms with Crippen LogP contribution in [0.5, 0.6) is 0 Å². The molecular formula is C29H31F3N8O2. The van der Waals surface area contributed by atoms with Crippen molar-refractivity contribution in [2.24, 2.45) is 0 Å². The molecule has 3 N–H and O–H groups in total. The number of hydrogen-bond donors (Lipinski definition) is 3. The molecule has 0 aliphatic carbocycles. The molecule has 42 heavy (non-hydrogen) atoms. The van der Waals surface area contributed by atoms with Gasteiger partial charge in [0.05, 0.1) is 11.7 Å². The molecule has 2 aromatic heterocycles. The second-order valence-corrected chi connectivity index (χ2v) is 10.2. The zero-order valence-electron chi connectivity index (χ0n) is 23.1. The molecule has 220 valence electrons. The molecule has 2 aromatic carbocycles. The van der Waals surface area contributed by atoms with E-state index in [0.29, 0.717) is 47.6 Å². The first-order valence-electron chi connectivity index (χ1n) is 13.4. The molecule has 1 unspecified atom stereocenters. The minimum Gasteiger partial charge on any atom is -0.392 e. The molecule has 10 nitrogen and oxygen atoms in total. The van der Waals surface area contributed by atoms with Crippen molar-refractivity contribution in [2.75, 3.05) is 55.3 Å². The molecule has 5 rings (SSSR count). The molecular weight excluding hydrogens is 549 g/mol. The van der Waals surface area contributed by atoms with Gasteiger partial charge in [-0.15, -0.1) is 0 Å². The average molecular weight is 581 g/mol. The van der Waals surface area contributed by atoms with Crippen molar-refractivity contribution in [2.45, 2.75) is 19.2 Å². The number of anilines is 3. The van der Waals surface area contributed by atoms with E-state index >= 15 is 0 Å². The molecule has 1 fully saturated rings. The van der Waals surface area contributed by atoms with Gasteiger partial charge >= 0.3 is 6.18 Å². The summed E-state index contributed by atoms with van der Waals surface area (Å²) in [5.41, 5.74) is 0.464. The molecule has 4 aromatic rings. The number of nitrogens with zero attached hydrogens (tertiary/aromatic N) is 6. The van der Waals surface area contributed by atoms with Crippen LogP contribution < -0.4 is 15.5 Å². The van der Waals surface area contributed by atoms with E-state index in [9.17, 15) is 23.1 Å². The largest absolute Gasteiger partial charge is 0.416 e. The fourth-order valence-corrected chi connectivity index (χ4v) is 4.60. The highest BCUT2D eigenvalue weighted by atomic mass is 19.4. The summed E-state index contributed by atoms with van der Waals surface area (Å²) in [4.78, 5) is 30.3. The second-order valence-electron chi connectivity index (χ2n) is 10.2. The number of rotatable bonds is 8. The number of aliphatic hydroxyl groups excluding tert-OH is 1. The summed E-state index contributed by atoms with van der Waals surface area (Å²) in [5.74, 6) is 0.746. The van der Waals surface area contributed by atoms with Crippen molar-refractivity contribution < 1.29 is 23.1 Å². The summed E-state index contributed by atoms with van der Waals surface area (Å²) in [6, 6.07) is 12.1. The van der Waals surface area contributed by atoms with Crippen LogP contribution in [-0.2, 0) is 6.18 Å². The second kappa shape index (κ2) is 12.2. The first kappa shape index (κ1) is 29.0. The quantitative estimate of drug-likeness (QED) is 0.285. The average Bonchev–Trinajstić information content (AvgIpc) is 3.46. The Kier molecular flexibility index (Phi) is 8.41. The number of carbonyl (C=O) groups excluding carboxylic acids is 1. The minimum atomic E-state index is -4.60. The van der Waals surface area contributed by atoms with Crippen molar-refractivity contribution >= 4 is 23.2 Å². The van der Waals surface area contributed by atoms with E-state index in [1.807, 2.05) is 11.9 Å². The number of benzene rings is 2. The van der Waals surface area contributed by atoms with Gasteiger partial charge in [-0.2, -0.15) is 18.2 Å². The van der Waals surface area contributed by atoms with Crippen molar-refractivity contribution in [3.63, 3.8) is 0 Å². The number of nitrogens with one attached hydrogen (secondary N) is 2. The molecule has 1 atom stereocenters. The Hall–Kier alpha value is -4.49. The van der Waals surface area contributed by atoms with Crippen LogP contribution in [0.2, 0.25) is 0 Å². The third-order valence-corrected chi connectivity index (χ3v) is 6.84. The molecule has 1 aliphatic heterocycles. The van der Waals surface area contributed by atoms with Gasteiger partial charge in [-0.1, -0.05) is 12.1 Å². The van der Waals surface area contributed by atoms with Crippen LogP contribution in [0.3, 0.4) is 0 Å². The van der Waals surface area contributed by atoms with Crippen molar-refractivity contribution in [1.29, 1.82) is 0 Å². The van der Waals surface area contributed by atoms with Crippen LogP contribution in [0.25, 0.3) is 17.2 Å². The van der Waals surface area contributed by atoms with Gasteiger partial charge in [0.25, 0.3) is 5.91 Å². The summed E-state index contributed by atoms with van der Waals surface area (Å²) in [6.45, 7) is 4.50. The fourth-order valence-electron chi connectivity index (χ4n) is 4.60. The lowest BCUT2D eigenvalue weighted by Crippen LogP contribution is -2.44. The van der Waals surface area contributed by atoms with Crippen LogP contribution in [0.4, 0.5) is 30.5 Å². The van der Waals surface area contributed by atoms with Crippen molar-refractivity contribution in [1.82, 2.24) is 24.4 Å². The van der Waals surface area contributed by atoms with Gasteiger partial charge < -0.3 is 25.5 Å². The molecule has 3 heterocycles. The highest BCUT2D eigenvalue weighted by molar-refractivity contribution is 6.05. The molecule has 0 saturated carbocycles. The molecule has 1 aliphatic rings. The lowest BCUT2D eigenvalue weighted by Gasteiger charge is -2.34. The number of halogens is 3. The molecule has 1 amide bonds. The highest BCUT2D eigenvalue weighted by Crippen LogP contribution is 2.34. The number of amides is 1. The van der Waals surface area contributed by atoms with Crippen LogP contribution >= 0.6 is 0 Å². The number of aromatic nitrogens is 4.